The number of thiophene rings is 1. The molecule has 4 rings (SSSR count). The van der Waals surface area contributed by atoms with Gasteiger partial charge in [0.05, 0.1) is 16.8 Å². The van der Waals surface area contributed by atoms with Gasteiger partial charge in [0.25, 0.3) is 0 Å². The highest BCUT2D eigenvalue weighted by molar-refractivity contribution is 7.13. The van der Waals surface area contributed by atoms with E-state index in [9.17, 15) is 5.11 Å². The average molecular weight is 373 g/mol. The zero-order valence-corrected chi connectivity index (χ0v) is 16.0. The molecule has 0 amide bonds. The molecule has 1 aliphatic heterocycles. The third kappa shape index (κ3) is 3.20. The van der Waals surface area contributed by atoms with Crippen LogP contribution in [0.25, 0.3) is 10.8 Å². The van der Waals surface area contributed by atoms with E-state index in [1.165, 1.54) is 0 Å². The Morgan fingerprint density at radius 3 is 2.96 bits per heavy atom. The van der Waals surface area contributed by atoms with E-state index in [1.54, 1.807) is 16.0 Å². The zero-order valence-electron chi connectivity index (χ0n) is 15.2. The lowest BCUT2D eigenvalue weighted by atomic mass is 10.00. The summed E-state index contributed by atoms with van der Waals surface area (Å²) in [7, 11) is 0. The number of aliphatic hydroxyl groups is 1. The second-order valence-electron chi connectivity index (χ2n) is 7.17. The van der Waals surface area contributed by atoms with Gasteiger partial charge >= 0.3 is 0 Å². The summed E-state index contributed by atoms with van der Waals surface area (Å²) in [5.41, 5.74) is 0.606. The van der Waals surface area contributed by atoms with E-state index < -0.39 is 5.60 Å². The summed E-state index contributed by atoms with van der Waals surface area (Å²) in [6, 6.07) is 4.22. The number of nitrogens with zero attached hydrogens (tertiary/aromatic N) is 5. The number of rotatable bonds is 5. The minimum Gasteiger partial charge on any atom is -0.440 e. The van der Waals surface area contributed by atoms with Crippen molar-refractivity contribution in [3.8, 4) is 10.8 Å². The Kier molecular flexibility index (Phi) is 4.42. The van der Waals surface area contributed by atoms with Crippen molar-refractivity contribution in [1.29, 1.82) is 0 Å². The van der Waals surface area contributed by atoms with Crippen LogP contribution in [0.2, 0.25) is 0 Å². The maximum absolute atomic E-state index is 11.0. The Morgan fingerprint density at radius 2 is 2.27 bits per heavy atom. The number of oxazole rings is 1. The minimum absolute atomic E-state index is 0.228. The maximum atomic E-state index is 11.0. The second-order valence-corrected chi connectivity index (χ2v) is 8.12. The average Bonchev–Trinajstić information content (AvgIpc) is 3.35. The molecular formula is C18H23N5O2S. The molecule has 7 nitrogen and oxygen atoms in total. The van der Waals surface area contributed by atoms with Gasteiger partial charge in [0.15, 0.2) is 0 Å². The molecule has 3 aromatic rings. The fourth-order valence-electron chi connectivity index (χ4n) is 3.25. The molecule has 0 spiro atoms. The first-order valence-corrected chi connectivity index (χ1v) is 9.70. The van der Waals surface area contributed by atoms with Crippen LogP contribution in [0.1, 0.15) is 43.5 Å². The molecule has 1 atom stereocenters. The molecule has 1 N–H and O–H groups in total. The van der Waals surface area contributed by atoms with E-state index in [0.29, 0.717) is 31.1 Å². The maximum Gasteiger partial charge on any atom is 0.236 e. The first-order valence-electron chi connectivity index (χ1n) is 8.82. The SMILES string of the molecule is Cc1oc(-c2cccs2)nc1CN1CCC(O)(c2cn(C(C)C)nn2)C1. The predicted octanol–water partition coefficient (Wildman–Crippen LogP) is 2.98. The molecule has 1 unspecified atom stereocenters. The highest BCUT2D eigenvalue weighted by Crippen LogP contribution is 2.33. The summed E-state index contributed by atoms with van der Waals surface area (Å²) in [5, 5.41) is 21.4. The number of hydrogen-bond donors (Lipinski definition) is 1. The molecule has 0 saturated carbocycles. The third-order valence-corrected chi connectivity index (χ3v) is 5.70. The van der Waals surface area contributed by atoms with Crippen LogP contribution in [0.5, 0.6) is 0 Å². The normalized spacial score (nSPS) is 21.1. The Morgan fingerprint density at radius 1 is 1.42 bits per heavy atom. The predicted molar refractivity (Wildman–Crippen MR) is 98.8 cm³/mol. The quantitative estimate of drug-likeness (QED) is 0.741. The molecule has 0 aliphatic carbocycles. The summed E-state index contributed by atoms with van der Waals surface area (Å²) in [6.07, 6.45) is 2.49. The Balaban J connectivity index is 1.47. The first kappa shape index (κ1) is 17.4. The molecule has 3 aromatic heterocycles. The molecule has 1 aliphatic rings. The monoisotopic (exact) mass is 373 g/mol. The van der Waals surface area contributed by atoms with Crippen molar-refractivity contribution in [2.24, 2.45) is 0 Å². The molecule has 26 heavy (non-hydrogen) atoms. The van der Waals surface area contributed by atoms with Crippen LogP contribution in [0.4, 0.5) is 0 Å². The standard InChI is InChI=1S/C18H23N5O2S/c1-12(2)23-10-16(20-21-23)18(24)6-7-22(11-18)9-14-13(3)25-17(19-14)15-5-4-8-26-15/h4-5,8,10,12,24H,6-7,9,11H2,1-3H3. The molecule has 138 valence electrons. The van der Waals surface area contributed by atoms with E-state index in [4.69, 9.17) is 4.42 Å². The summed E-state index contributed by atoms with van der Waals surface area (Å²) in [5.74, 6) is 1.50. The number of aryl methyl sites for hydroxylation is 1. The van der Waals surface area contributed by atoms with Crippen molar-refractivity contribution in [3.05, 3.63) is 40.9 Å². The fourth-order valence-corrected chi connectivity index (χ4v) is 3.90. The van der Waals surface area contributed by atoms with Crippen molar-refractivity contribution >= 4 is 11.3 Å². The fraction of sp³-hybridized carbons (Fsp3) is 0.500. The molecule has 4 heterocycles. The van der Waals surface area contributed by atoms with E-state index in [-0.39, 0.29) is 6.04 Å². The van der Waals surface area contributed by atoms with Gasteiger partial charge in [-0.1, -0.05) is 11.3 Å². The van der Waals surface area contributed by atoms with Gasteiger partial charge < -0.3 is 9.52 Å². The highest BCUT2D eigenvalue weighted by Gasteiger charge is 2.40. The van der Waals surface area contributed by atoms with Gasteiger partial charge in [-0.25, -0.2) is 9.67 Å². The number of likely N-dealkylation sites (tertiary alicyclic amines) is 1. The van der Waals surface area contributed by atoms with Crippen LogP contribution in [-0.4, -0.2) is 43.1 Å². The molecule has 0 radical (unpaired) electrons. The Labute approximate surface area is 156 Å². The molecule has 8 heteroatoms. The highest BCUT2D eigenvalue weighted by atomic mass is 32.1. The molecule has 0 bridgehead atoms. The summed E-state index contributed by atoms with van der Waals surface area (Å²) in [6.45, 7) is 7.98. The van der Waals surface area contributed by atoms with E-state index >= 15 is 0 Å². The molecule has 1 fully saturated rings. The van der Waals surface area contributed by atoms with Gasteiger partial charge in [0, 0.05) is 25.7 Å². The van der Waals surface area contributed by atoms with Crippen molar-refractivity contribution in [1.82, 2.24) is 24.9 Å². The number of aromatic nitrogens is 4. The van der Waals surface area contributed by atoms with Gasteiger partial charge in [-0.15, -0.1) is 16.4 Å². The molecule has 0 aromatic carbocycles. The van der Waals surface area contributed by atoms with Crippen molar-refractivity contribution in [2.45, 2.75) is 45.4 Å². The van der Waals surface area contributed by atoms with Gasteiger partial charge in [0.1, 0.15) is 17.1 Å². The third-order valence-electron chi connectivity index (χ3n) is 4.84. The summed E-state index contributed by atoms with van der Waals surface area (Å²) in [4.78, 5) is 7.87. The van der Waals surface area contributed by atoms with Crippen LogP contribution in [0, 0.1) is 6.92 Å². The van der Waals surface area contributed by atoms with E-state index in [0.717, 1.165) is 22.9 Å². The van der Waals surface area contributed by atoms with E-state index in [2.05, 4.69) is 20.2 Å². The van der Waals surface area contributed by atoms with Crippen molar-refractivity contribution in [3.63, 3.8) is 0 Å². The topological polar surface area (TPSA) is 80.2 Å². The summed E-state index contributed by atoms with van der Waals surface area (Å²) >= 11 is 1.62. The van der Waals surface area contributed by atoms with Crippen LogP contribution >= 0.6 is 11.3 Å². The zero-order chi connectivity index (χ0) is 18.3. The first-order chi connectivity index (χ1) is 12.4. The van der Waals surface area contributed by atoms with Crippen molar-refractivity contribution in [2.75, 3.05) is 13.1 Å². The summed E-state index contributed by atoms with van der Waals surface area (Å²) < 4.78 is 7.60. The van der Waals surface area contributed by atoms with Crippen LogP contribution < -0.4 is 0 Å². The lowest BCUT2D eigenvalue weighted by Crippen LogP contribution is -2.31. The molecular weight excluding hydrogens is 350 g/mol. The van der Waals surface area contributed by atoms with Crippen LogP contribution in [-0.2, 0) is 12.1 Å². The minimum atomic E-state index is -0.957. The van der Waals surface area contributed by atoms with Crippen LogP contribution in [0.3, 0.4) is 0 Å². The smallest absolute Gasteiger partial charge is 0.236 e. The lowest BCUT2D eigenvalue weighted by Gasteiger charge is -2.20. The van der Waals surface area contributed by atoms with Crippen LogP contribution in [0.15, 0.2) is 28.1 Å². The van der Waals surface area contributed by atoms with Gasteiger partial charge in [-0.3, -0.25) is 4.90 Å². The number of hydrogen-bond acceptors (Lipinski definition) is 7. The Hall–Kier alpha value is -2.03. The second kappa shape index (κ2) is 6.61. The largest absolute Gasteiger partial charge is 0.440 e. The van der Waals surface area contributed by atoms with Gasteiger partial charge in [-0.05, 0) is 38.6 Å². The Bertz CT molecular complexity index is 885. The van der Waals surface area contributed by atoms with Gasteiger partial charge in [-0.2, -0.15) is 0 Å². The lowest BCUT2D eigenvalue weighted by molar-refractivity contribution is 0.0406. The van der Waals surface area contributed by atoms with E-state index in [1.807, 2.05) is 44.5 Å². The van der Waals surface area contributed by atoms with Crippen molar-refractivity contribution < 1.29 is 9.52 Å². The molecule has 1 saturated heterocycles. The number of β-amino-alcohol motifs (C(OH)–C–C–N with tert-alkyl or cyclic N) is 1. The van der Waals surface area contributed by atoms with Gasteiger partial charge in [0.2, 0.25) is 5.89 Å².